The van der Waals surface area contributed by atoms with Gasteiger partial charge in [-0.3, -0.25) is 14.4 Å². The molecule has 2 N–H and O–H groups in total. The second-order valence-corrected chi connectivity index (χ2v) is 11.3. The van der Waals surface area contributed by atoms with Gasteiger partial charge in [0.05, 0.1) is 29.9 Å². The summed E-state index contributed by atoms with van der Waals surface area (Å²) in [5, 5.41) is 19.5. The molecule has 1 aliphatic heterocycles. The Kier molecular flexibility index (Phi) is 11.3. The molecule has 0 spiro atoms. The topological polar surface area (TPSA) is 118 Å². The van der Waals surface area contributed by atoms with Crippen molar-refractivity contribution < 1.29 is 37.0 Å². The fourth-order valence-corrected chi connectivity index (χ4v) is 5.43. The zero-order chi connectivity index (χ0) is 33.9. The zero-order valence-corrected chi connectivity index (χ0v) is 27.2. The van der Waals surface area contributed by atoms with E-state index in [4.69, 9.17) is 4.74 Å². The number of aromatic nitrogens is 1. The first-order valence-electron chi connectivity index (χ1n) is 14.9. The predicted molar refractivity (Wildman–Crippen MR) is 178 cm³/mol. The Labute approximate surface area is 281 Å². The Morgan fingerprint density at radius 1 is 1.02 bits per heavy atom. The highest BCUT2D eigenvalue weighted by atomic mass is 35.5. The molecule has 1 aromatic heterocycles. The standard InChI is InChI=1S/C34H34F3N5O5.ClH/c1-21(38-3)16-39-27-18-41(32(44)24-14-12-23(13-15-24)22(2)43)30-11-7-6-10-29(30)40(33(27)45)17-26-25-8-4-5-9-28(25)42(46)19-31(26)47-20-34(35,36)37;/h4-15,19,21,27,38-39H,16-18,20H2,1-3H3;1H/t21-,27-;/m0./s1. The number of para-hydroxylation sites is 3. The molecule has 10 nitrogen and oxygen atoms in total. The highest BCUT2D eigenvalue weighted by Gasteiger charge is 2.38. The van der Waals surface area contributed by atoms with Gasteiger partial charge >= 0.3 is 6.18 Å². The number of amides is 2. The summed E-state index contributed by atoms with van der Waals surface area (Å²) < 4.78 is 45.4. The second-order valence-electron chi connectivity index (χ2n) is 11.3. The van der Waals surface area contributed by atoms with Crippen molar-refractivity contribution in [3.63, 3.8) is 0 Å². The fourth-order valence-electron chi connectivity index (χ4n) is 5.43. The van der Waals surface area contributed by atoms with E-state index in [1.54, 1.807) is 73.8 Å². The van der Waals surface area contributed by atoms with Crippen LogP contribution in [0.15, 0.2) is 79.0 Å². The monoisotopic (exact) mass is 685 g/mol. The number of anilines is 2. The predicted octanol–water partition coefficient (Wildman–Crippen LogP) is 4.80. The van der Waals surface area contributed by atoms with Gasteiger partial charge in [-0.25, -0.2) is 0 Å². The molecular formula is C34H35ClF3N5O5. The molecule has 0 radical (unpaired) electrons. The van der Waals surface area contributed by atoms with Gasteiger partial charge in [0, 0.05) is 35.3 Å². The summed E-state index contributed by atoms with van der Waals surface area (Å²) in [6.07, 6.45) is -3.74. The number of nitrogens with zero attached hydrogens (tertiary/aromatic N) is 3. The molecule has 2 amide bonds. The molecule has 5 rings (SSSR count). The molecule has 14 heteroatoms. The fraction of sp³-hybridized carbons (Fsp3) is 0.294. The van der Waals surface area contributed by atoms with E-state index in [1.165, 1.54) is 22.8 Å². The second kappa shape index (κ2) is 15.0. The third kappa shape index (κ3) is 7.87. The van der Waals surface area contributed by atoms with Crippen molar-refractivity contribution >= 4 is 52.3 Å². The van der Waals surface area contributed by atoms with Crippen molar-refractivity contribution in [2.75, 3.05) is 36.5 Å². The number of ether oxygens (including phenoxy) is 1. The molecule has 0 saturated carbocycles. The van der Waals surface area contributed by atoms with Gasteiger partial charge in [0.1, 0.15) is 6.04 Å². The largest absolute Gasteiger partial charge is 0.618 e. The van der Waals surface area contributed by atoms with Crippen LogP contribution in [0.1, 0.15) is 40.1 Å². The van der Waals surface area contributed by atoms with Crippen molar-refractivity contribution in [3.05, 3.63) is 101 Å². The first-order valence-corrected chi connectivity index (χ1v) is 14.9. The minimum Gasteiger partial charge on any atom is -0.618 e. The lowest BCUT2D eigenvalue weighted by atomic mass is 10.1. The lowest BCUT2D eigenvalue weighted by Gasteiger charge is -2.27. The van der Waals surface area contributed by atoms with Gasteiger partial charge in [-0.05, 0) is 51.2 Å². The quantitative estimate of drug-likeness (QED) is 0.140. The SMILES string of the molecule is CN[C@@H](C)CN[C@H]1CN(C(=O)c2ccc(C(C)=O)cc2)c2ccccc2N(Cc2c(OCC(F)(F)F)c[n+]([O-])c3ccccc23)C1=O.Cl. The van der Waals surface area contributed by atoms with Gasteiger partial charge in [-0.15, -0.1) is 12.4 Å². The van der Waals surface area contributed by atoms with Crippen LogP contribution in [0.25, 0.3) is 10.9 Å². The Balaban J connectivity index is 0.00000520. The number of Topliss-reactive ketones (excluding diaryl/α,β-unsaturated/α-hetero) is 1. The highest BCUT2D eigenvalue weighted by molar-refractivity contribution is 6.12. The Morgan fingerprint density at radius 3 is 2.29 bits per heavy atom. The van der Waals surface area contributed by atoms with Gasteiger partial charge in [0.25, 0.3) is 5.91 Å². The first-order chi connectivity index (χ1) is 22.4. The summed E-state index contributed by atoms with van der Waals surface area (Å²) >= 11 is 0. The smallest absolute Gasteiger partial charge is 0.422 e. The Hall–Kier alpha value is -4.72. The van der Waals surface area contributed by atoms with Crippen LogP contribution in [0.3, 0.4) is 0 Å². The van der Waals surface area contributed by atoms with Crippen LogP contribution < -0.4 is 29.9 Å². The van der Waals surface area contributed by atoms with Crippen LogP contribution in [0.2, 0.25) is 0 Å². The summed E-state index contributed by atoms with van der Waals surface area (Å²) in [7, 11) is 1.77. The third-order valence-electron chi connectivity index (χ3n) is 8.05. The Morgan fingerprint density at radius 2 is 1.65 bits per heavy atom. The lowest BCUT2D eigenvalue weighted by molar-refractivity contribution is -0.577. The number of carbonyl (C=O) groups is 3. The van der Waals surface area contributed by atoms with Crippen LogP contribution in [-0.2, 0) is 11.3 Å². The molecule has 254 valence electrons. The number of fused-ring (bicyclic) bond motifs is 2. The van der Waals surface area contributed by atoms with Gasteiger partial charge in [-0.2, -0.15) is 17.9 Å². The number of rotatable bonds is 10. The number of nitrogens with one attached hydrogen (secondary N) is 2. The van der Waals surface area contributed by atoms with Crippen LogP contribution in [0.5, 0.6) is 5.75 Å². The van der Waals surface area contributed by atoms with E-state index in [2.05, 4.69) is 10.6 Å². The average Bonchev–Trinajstić information content (AvgIpc) is 3.17. The van der Waals surface area contributed by atoms with Gasteiger partial charge < -0.3 is 30.4 Å². The van der Waals surface area contributed by atoms with E-state index in [9.17, 15) is 32.8 Å². The van der Waals surface area contributed by atoms with Crippen molar-refractivity contribution in [1.82, 2.24) is 10.6 Å². The van der Waals surface area contributed by atoms with Crippen molar-refractivity contribution in [1.29, 1.82) is 0 Å². The Bertz CT molecular complexity index is 1800. The molecule has 0 saturated heterocycles. The van der Waals surface area contributed by atoms with Gasteiger partial charge in [-0.1, -0.05) is 36.4 Å². The molecule has 0 fully saturated rings. The summed E-state index contributed by atoms with van der Waals surface area (Å²) in [6.45, 7) is 1.73. The maximum Gasteiger partial charge on any atom is 0.422 e. The number of pyridine rings is 1. The average molecular weight is 686 g/mol. The minimum atomic E-state index is -4.68. The first kappa shape index (κ1) is 36.1. The molecule has 1 aliphatic rings. The zero-order valence-electron chi connectivity index (χ0n) is 26.4. The molecule has 0 aliphatic carbocycles. The molecule has 3 aromatic carbocycles. The van der Waals surface area contributed by atoms with E-state index in [0.717, 1.165) is 6.20 Å². The van der Waals surface area contributed by atoms with E-state index >= 15 is 0 Å². The van der Waals surface area contributed by atoms with E-state index in [-0.39, 0.29) is 54.2 Å². The van der Waals surface area contributed by atoms with Crippen molar-refractivity contribution in [3.8, 4) is 5.75 Å². The van der Waals surface area contributed by atoms with Crippen molar-refractivity contribution in [2.45, 2.75) is 38.7 Å². The van der Waals surface area contributed by atoms with E-state index < -0.39 is 30.6 Å². The maximum atomic E-state index is 14.4. The number of ketones is 1. The van der Waals surface area contributed by atoms with E-state index in [0.29, 0.717) is 39.2 Å². The van der Waals surface area contributed by atoms with Crippen molar-refractivity contribution in [2.24, 2.45) is 0 Å². The van der Waals surface area contributed by atoms with Crippen LogP contribution >= 0.6 is 12.4 Å². The summed E-state index contributed by atoms with van der Waals surface area (Å²) in [4.78, 5) is 43.2. The van der Waals surface area contributed by atoms with Gasteiger partial charge in [0.2, 0.25) is 17.6 Å². The minimum absolute atomic E-state index is 0. The summed E-state index contributed by atoms with van der Waals surface area (Å²) in [5.74, 6) is -1.32. The molecule has 0 unspecified atom stereocenters. The molecule has 2 heterocycles. The number of carbonyl (C=O) groups excluding carboxylic acids is 3. The number of hydrogen-bond acceptors (Lipinski definition) is 7. The number of halogens is 4. The lowest BCUT2D eigenvalue weighted by Crippen LogP contribution is -2.53. The van der Waals surface area contributed by atoms with E-state index in [1.807, 2.05) is 6.92 Å². The van der Waals surface area contributed by atoms with Gasteiger partial charge in [0.15, 0.2) is 18.1 Å². The number of benzene rings is 3. The maximum absolute atomic E-state index is 14.4. The summed E-state index contributed by atoms with van der Waals surface area (Å²) in [5.41, 5.74) is 1.84. The molecular weight excluding hydrogens is 651 g/mol. The normalized spacial score (nSPS) is 15.4. The number of likely N-dealkylation sites (N-methyl/N-ethyl adjacent to an activating group) is 1. The van der Waals surface area contributed by atoms with Crippen LogP contribution in [-0.4, -0.2) is 62.6 Å². The van der Waals surface area contributed by atoms with Crippen LogP contribution in [0.4, 0.5) is 24.5 Å². The number of alkyl halides is 3. The molecule has 4 aromatic rings. The molecule has 0 bridgehead atoms. The highest BCUT2D eigenvalue weighted by Crippen LogP contribution is 2.37. The molecule has 48 heavy (non-hydrogen) atoms. The van der Waals surface area contributed by atoms with Crippen LogP contribution in [0, 0.1) is 5.21 Å². The number of hydrogen-bond donors (Lipinski definition) is 2. The third-order valence-corrected chi connectivity index (χ3v) is 8.05. The summed E-state index contributed by atoms with van der Waals surface area (Å²) in [6, 6.07) is 18.4. The molecule has 2 atom stereocenters.